The van der Waals surface area contributed by atoms with E-state index < -0.39 is 5.97 Å². The van der Waals surface area contributed by atoms with Crippen molar-refractivity contribution in [2.45, 2.75) is 45.6 Å². The van der Waals surface area contributed by atoms with Gasteiger partial charge in [0, 0.05) is 16.3 Å². The van der Waals surface area contributed by atoms with E-state index in [-0.39, 0.29) is 6.42 Å². The zero-order valence-corrected chi connectivity index (χ0v) is 11.2. The maximum Gasteiger partial charge on any atom is 0.308 e. The van der Waals surface area contributed by atoms with Crippen molar-refractivity contribution in [3.05, 3.63) is 21.9 Å². The molecule has 0 aromatic carbocycles. The van der Waals surface area contributed by atoms with Crippen LogP contribution in [0.15, 0.2) is 12.1 Å². The van der Waals surface area contributed by atoms with E-state index in [1.54, 1.807) is 11.3 Å². The smallest absolute Gasteiger partial charge is 0.308 e. The lowest BCUT2D eigenvalue weighted by atomic mass is 10.2. The fourth-order valence-corrected chi connectivity index (χ4v) is 2.63. The molecule has 0 aliphatic carbocycles. The highest BCUT2D eigenvalue weighted by molar-refractivity contribution is 7.12. The molecule has 0 atom stereocenters. The number of nitrogens with one attached hydrogen (secondary N) is 1. The molecule has 0 saturated heterocycles. The molecule has 96 valence electrons. The summed E-state index contributed by atoms with van der Waals surface area (Å²) in [7, 11) is 0. The second kappa shape index (κ2) is 8.25. The standard InChI is InChI=1S/C13H21NO2S/c1-2-3-4-5-8-14-10-12-7-6-11(17-12)9-13(15)16/h6-7,14H,2-5,8-10H2,1H3,(H,15,16). The molecular formula is C13H21NO2S. The van der Waals surface area contributed by atoms with Gasteiger partial charge in [-0.2, -0.15) is 0 Å². The molecule has 1 heterocycles. The van der Waals surface area contributed by atoms with Crippen molar-refractivity contribution in [2.75, 3.05) is 6.54 Å². The Morgan fingerprint density at radius 2 is 2.06 bits per heavy atom. The van der Waals surface area contributed by atoms with Gasteiger partial charge >= 0.3 is 5.97 Å². The highest BCUT2D eigenvalue weighted by Crippen LogP contribution is 2.16. The first-order chi connectivity index (χ1) is 8.22. The van der Waals surface area contributed by atoms with Crippen LogP contribution < -0.4 is 5.32 Å². The number of aliphatic carboxylic acids is 1. The van der Waals surface area contributed by atoms with Gasteiger partial charge in [-0.05, 0) is 25.1 Å². The first kappa shape index (κ1) is 14.2. The van der Waals surface area contributed by atoms with Gasteiger partial charge in [-0.15, -0.1) is 11.3 Å². The molecule has 0 unspecified atom stereocenters. The second-order valence-corrected chi connectivity index (χ2v) is 5.43. The molecule has 4 heteroatoms. The van der Waals surface area contributed by atoms with Crippen LogP contribution in [-0.4, -0.2) is 17.6 Å². The predicted molar refractivity (Wildman–Crippen MR) is 71.5 cm³/mol. The van der Waals surface area contributed by atoms with Crippen LogP contribution in [0.25, 0.3) is 0 Å². The molecule has 17 heavy (non-hydrogen) atoms. The number of thiophene rings is 1. The molecule has 1 aromatic heterocycles. The Kier molecular flexibility index (Phi) is 6.89. The highest BCUT2D eigenvalue weighted by atomic mass is 32.1. The Bertz CT molecular complexity index is 336. The number of hydrogen-bond donors (Lipinski definition) is 2. The molecule has 3 nitrogen and oxygen atoms in total. The minimum Gasteiger partial charge on any atom is -0.481 e. The lowest BCUT2D eigenvalue weighted by Crippen LogP contribution is -2.13. The molecule has 0 bridgehead atoms. The first-order valence-electron chi connectivity index (χ1n) is 6.22. The summed E-state index contributed by atoms with van der Waals surface area (Å²) in [6, 6.07) is 3.93. The van der Waals surface area contributed by atoms with Crippen LogP contribution in [0.4, 0.5) is 0 Å². The third kappa shape index (κ3) is 6.44. The largest absolute Gasteiger partial charge is 0.481 e. The van der Waals surface area contributed by atoms with Crippen LogP contribution in [0, 0.1) is 0 Å². The number of carbonyl (C=O) groups is 1. The molecule has 2 N–H and O–H groups in total. The monoisotopic (exact) mass is 255 g/mol. The lowest BCUT2D eigenvalue weighted by Gasteiger charge is -2.02. The van der Waals surface area contributed by atoms with Crippen LogP contribution in [0.1, 0.15) is 42.4 Å². The van der Waals surface area contributed by atoms with Crippen LogP contribution in [-0.2, 0) is 17.8 Å². The second-order valence-electron chi connectivity index (χ2n) is 4.18. The predicted octanol–water partition coefficient (Wildman–Crippen LogP) is 3.05. The summed E-state index contributed by atoms with van der Waals surface area (Å²) >= 11 is 1.59. The molecule has 0 fully saturated rings. The molecule has 0 spiro atoms. The highest BCUT2D eigenvalue weighted by Gasteiger charge is 2.04. The fraction of sp³-hybridized carbons (Fsp3) is 0.615. The van der Waals surface area contributed by atoms with Gasteiger partial charge in [-0.25, -0.2) is 0 Å². The summed E-state index contributed by atoms with van der Waals surface area (Å²) in [6.45, 7) is 4.12. The number of unbranched alkanes of at least 4 members (excludes halogenated alkanes) is 3. The summed E-state index contributed by atoms with van der Waals surface area (Å²) in [5.41, 5.74) is 0. The summed E-state index contributed by atoms with van der Waals surface area (Å²) in [5.74, 6) is -0.758. The third-order valence-electron chi connectivity index (χ3n) is 2.55. The van der Waals surface area contributed by atoms with E-state index in [9.17, 15) is 4.79 Å². The van der Waals surface area contributed by atoms with Crippen molar-refractivity contribution in [2.24, 2.45) is 0 Å². The Morgan fingerprint density at radius 1 is 1.29 bits per heavy atom. The van der Waals surface area contributed by atoms with Gasteiger partial charge in [0.05, 0.1) is 6.42 Å². The van der Waals surface area contributed by atoms with Crippen molar-refractivity contribution >= 4 is 17.3 Å². The average Bonchev–Trinajstić information content (AvgIpc) is 2.70. The Hall–Kier alpha value is -0.870. The SMILES string of the molecule is CCCCCCNCc1ccc(CC(=O)O)s1. The molecule has 0 amide bonds. The normalized spacial score (nSPS) is 10.6. The van der Waals surface area contributed by atoms with E-state index >= 15 is 0 Å². The van der Waals surface area contributed by atoms with E-state index in [4.69, 9.17) is 5.11 Å². The zero-order valence-electron chi connectivity index (χ0n) is 10.4. The molecular weight excluding hydrogens is 234 g/mol. The zero-order chi connectivity index (χ0) is 12.5. The molecule has 1 rings (SSSR count). The van der Waals surface area contributed by atoms with Crippen molar-refractivity contribution in [3.8, 4) is 0 Å². The van der Waals surface area contributed by atoms with Gasteiger partial charge in [0.2, 0.25) is 0 Å². The summed E-state index contributed by atoms with van der Waals surface area (Å²) in [5, 5.41) is 12.1. The van der Waals surface area contributed by atoms with E-state index in [1.807, 2.05) is 12.1 Å². The minimum absolute atomic E-state index is 0.140. The third-order valence-corrected chi connectivity index (χ3v) is 3.63. The van der Waals surface area contributed by atoms with Crippen molar-refractivity contribution in [3.63, 3.8) is 0 Å². The van der Waals surface area contributed by atoms with Gasteiger partial charge in [0.25, 0.3) is 0 Å². The van der Waals surface area contributed by atoms with Gasteiger partial charge in [0.15, 0.2) is 0 Å². The van der Waals surface area contributed by atoms with Crippen LogP contribution in [0.2, 0.25) is 0 Å². The summed E-state index contributed by atoms with van der Waals surface area (Å²) in [4.78, 5) is 12.7. The van der Waals surface area contributed by atoms with E-state index in [2.05, 4.69) is 12.2 Å². The van der Waals surface area contributed by atoms with Gasteiger partial charge < -0.3 is 10.4 Å². The summed E-state index contributed by atoms with van der Waals surface area (Å²) < 4.78 is 0. The first-order valence-corrected chi connectivity index (χ1v) is 7.04. The van der Waals surface area contributed by atoms with E-state index in [1.165, 1.54) is 30.6 Å². The average molecular weight is 255 g/mol. The van der Waals surface area contributed by atoms with Crippen molar-refractivity contribution < 1.29 is 9.90 Å². The van der Waals surface area contributed by atoms with Crippen molar-refractivity contribution in [1.29, 1.82) is 0 Å². The van der Waals surface area contributed by atoms with E-state index in [0.717, 1.165) is 18.0 Å². The topological polar surface area (TPSA) is 49.3 Å². The Balaban J connectivity index is 2.14. The quantitative estimate of drug-likeness (QED) is 0.667. The number of hydrogen-bond acceptors (Lipinski definition) is 3. The maximum absolute atomic E-state index is 10.5. The maximum atomic E-state index is 10.5. The Morgan fingerprint density at radius 3 is 2.76 bits per heavy atom. The van der Waals surface area contributed by atoms with E-state index in [0.29, 0.717) is 0 Å². The van der Waals surface area contributed by atoms with Gasteiger partial charge in [-0.1, -0.05) is 26.2 Å². The van der Waals surface area contributed by atoms with Crippen LogP contribution in [0.5, 0.6) is 0 Å². The summed E-state index contributed by atoms with van der Waals surface area (Å²) in [6.07, 6.45) is 5.23. The number of rotatable bonds is 9. The van der Waals surface area contributed by atoms with Crippen LogP contribution >= 0.6 is 11.3 Å². The number of carboxylic acid groups (broad SMARTS) is 1. The van der Waals surface area contributed by atoms with Gasteiger partial charge in [-0.3, -0.25) is 4.79 Å². The molecule has 0 saturated carbocycles. The molecule has 0 aliphatic heterocycles. The molecule has 0 radical (unpaired) electrons. The van der Waals surface area contributed by atoms with Crippen molar-refractivity contribution in [1.82, 2.24) is 5.32 Å². The lowest BCUT2D eigenvalue weighted by molar-refractivity contribution is -0.136. The molecule has 1 aromatic rings. The molecule has 0 aliphatic rings. The van der Waals surface area contributed by atoms with Gasteiger partial charge in [0.1, 0.15) is 0 Å². The fourth-order valence-electron chi connectivity index (χ4n) is 1.65. The Labute approximate surface area is 107 Å². The number of carboxylic acids is 1. The van der Waals surface area contributed by atoms with Crippen LogP contribution in [0.3, 0.4) is 0 Å². The minimum atomic E-state index is -0.758.